The Hall–Kier alpha value is -4.53. The number of amidine groups is 1. The van der Waals surface area contributed by atoms with Gasteiger partial charge in [-0.05, 0) is 65.2 Å². The highest BCUT2D eigenvalue weighted by Gasteiger charge is 2.49. The predicted octanol–water partition coefficient (Wildman–Crippen LogP) is 6.47. The number of halogens is 2. The Morgan fingerprint density at radius 3 is 1.71 bits per heavy atom. The first-order valence-electron chi connectivity index (χ1n) is 16.1. The van der Waals surface area contributed by atoms with Gasteiger partial charge in [0.1, 0.15) is 16.6 Å². The minimum Gasteiger partial charge on any atom is -0.378 e. The molecule has 246 valence electrons. The van der Waals surface area contributed by atoms with Crippen LogP contribution in [0.5, 0.6) is 0 Å². The van der Waals surface area contributed by atoms with Gasteiger partial charge in [-0.1, -0.05) is 48.5 Å². The first-order valence-corrected chi connectivity index (χ1v) is 17.0. The SMILES string of the molecule is CN(C)c1ccc(C2C(Cl)C(=O)N2c2cccc(CN3CCN=C3c3cccc(N4C(=O)C(Cl)C4c4ccc(N(C)C)cc4)c3)c2)cc1. The van der Waals surface area contributed by atoms with Gasteiger partial charge in [0.25, 0.3) is 0 Å². The van der Waals surface area contributed by atoms with Gasteiger partial charge in [0.2, 0.25) is 11.8 Å². The van der Waals surface area contributed by atoms with E-state index < -0.39 is 10.8 Å². The minimum atomic E-state index is -0.615. The molecule has 4 unspecified atom stereocenters. The van der Waals surface area contributed by atoms with E-state index in [9.17, 15) is 9.59 Å². The van der Waals surface area contributed by atoms with Crippen LogP contribution in [0.15, 0.2) is 102 Å². The zero-order valence-electron chi connectivity index (χ0n) is 27.4. The fourth-order valence-corrected chi connectivity index (χ4v) is 7.52. The lowest BCUT2D eigenvalue weighted by Crippen LogP contribution is -2.56. The average Bonchev–Trinajstić information content (AvgIpc) is 3.56. The highest BCUT2D eigenvalue weighted by Crippen LogP contribution is 2.44. The molecule has 4 aromatic carbocycles. The molecular weight excluding hydrogens is 643 g/mol. The van der Waals surface area contributed by atoms with Crippen molar-refractivity contribution >= 4 is 63.6 Å². The Labute approximate surface area is 291 Å². The molecule has 0 aliphatic carbocycles. The van der Waals surface area contributed by atoms with Crippen LogP contribution in [-0.2, 0) is 16.1 Å². The number of nitrogens with zero attached hydrogens (tertiary/aromatic N) is 6. The second-order valence-electron chi connectivity index (χ2n) is 12.9. The van der Waals surface area contributed by atoms with Crippen molar-refractivity contribution in [2.75, 3.05) is 60.9 Å². The number of carbonyl (C=O) groups is 2. The number of anilines is 4. The molecule has 2 fully saturated rings. The van der Waals surface area contributed by atoms with Crippen molar-refractivity contribution in [2.45, 2.75) is 29.4 Å². The molecule has 3 heterocycles. The van der Waals surface area contributed by atoms with Crippen LogP contribution in [0.3, 0.4) is 0 Å². The Morgan fingerprint density at radius 1 is 0.688 bits per heavy atom. The molecule has 0 saturated carbocycles. The Bertz CT molecular complexity index is 1880. The van der Waals surface area contributed by atoms with Crippen LogP contribution >= 0.6 is 23.2 Å². The monoisotopic (exact) mass is 680 g/mol. The summed E-state index contributed by atoms with van der Waals surface area (Å²) in [4.78, 5) is 40.9. The topological polar surface area (TPSA) is 62.7 Å². The fraction of sp³-hybridized carbons (Fsp3) is 0.289. The molecule has 7 rings (SSSR count). The first kappa shape index (κ1) is 32.0. The molecule has 4 atom stereocenters. The molecule has 2 saturated heterocycles. The largest absolute Gasteiger partial charge is 0.378 e. The van der Waals surface area contributed by atoms with Crippen LogP contribution in [0, 0.1) is 0 Å². The van der Waals surface area contributed by atoms with Crippen molar-refractivity contribution in [3.63, 3.8) is 0 Å². The molecular formula is C38H38Cl2N6O2. The fourth-order valence-electron chi connectivity index (χ4n) is 6.79. The van der Waals surface area contributed by atoms with E-state index in [2.05, 4.69) is 17.0 Å². The minimum absolute atomic E-state index is 0.0950. The summed E-state index contributed by atoms with van der Waals surface area (Å²) in [5.41, 5.74) is 7.81. The quantitative estimate of drug-likeness (QED) is 0.150. The summed E-state index contributed by atoms with van der Waals surface area (Å²) in [6, 6.07) is 32.0. The number of carbonyl (C=O) groups excluding carboxylic acids is 2. The lowest BCUT2D eigenvalue weighted by Gasteiger charge is -2.45. The van der Waals surface area contributed by atoms with Crippen LogP contribution in [0.1, 0.15) is 34.3 Å². The number of amides is 2. The molecule has 0 radical (unpaired) electrons. The maximum atomic E-state index is 13.1. The molecule has 0 spiro atoms. The van der Waals surface area contributed by atoms with E-state index in [-0.39, 0.29) is 23.9 Å². The van der Waals surface area contributed by atoms with Gasteiger partial charge in [-0.15, -0.1) is 23.2 Å². The number of benzene rings is 4. The number of alkyl halides is 2. The normalized spacial score (nSPS) is 22.0. The lowest BCUT2D eigenvalue weighted by molar-refractivity contribution is -0.124. The van der Waals surface area contributed by atoms with Gasteiger partial charge in [0.05, 0.1) is 18.6 Å². The van der Waals surface area contributed by atoms with Gasteiger partial charge in [-0.2, -0.15) is 0 Å². The smallest absolute Gasteiger partial charge is 0.248 e. The van der Waals surface area contributed by atoms with Crippen molar-refractivity contribution in [3.05, 3.63) is 119 Å². The summed E-state index contributed by atoms with van der Waals surface area (Å²) in [5.74, 6) is 0.677. The third-order valence-corrected chi connectivity index (χ3v) is 10.3. The van der Waals surface area contributed by atoms with Crippen molar-refractivity contribution < 1.29 is 9.59 Å². The first-order chi connectivity index (χ1) is 23.1. The van der Waals surface area contributed by atoms with Crippen LogP contribution in [0.25, 0.3) is 0 Å². The third-order valence-electron chi connectivity index (χ3n) is 9.44. The number of aliphatic imine (C=N–C) groups is 1. The van der Waals surface area contributed by atoms with Crippen molar-refractivity contribution in [1.82, 2.24) is 4.90 Å². The second kappa shape index (κ2) is 12.8. The van der Waals surface area contributed by atoms with E-state index >= 15 is 0 Å². The summed E-state index contributed by atoms with van der Waals surface area (Å²) in [7, 11) is 8.01. The average molecular weight is 682 g/mol. The number of hydrogen-bond acceptors (Lipinski definition) is 6. The summed E-state index contributed by atoms with van der Waals surface area (Å²) in [6.07, 6.45) is 0. The molecule has 0 N–H and O–H groups in total. The molecule has 3 aliphatic rings. The van der Waals surface area contributed by atoms with Crippen LogP contribution in [-0.4, -0.2) is 74.6 Å². The summed E-state index contributed by atoms with van der Waals surface area (Å²) in [5, 5.41) is -1.22. The van der Waals surface area contributed by atoms with E-state index in [1.165, 1.54) is 0 Å². The van der Waals surface area contributed by atoms with E-state index in [0.29, 0.717) is 13.1 Å². The predicted molar refractivity (Wildman–Crippen MR) is 196 cm³/mol. The summed E-state index contributed by atoms with van der Waals surface area (Å²) < 4.78 is 0. The maximum absolute atomic E-state index is 13.1. The summed E-state index contributed by atoms with van der Waals surface area (Å²) >= 11 is 13.2. The van der Waals surface area contributed by atoms with E-state index in [1.807, 2.05) is 123 Å². The molecule has 3 aliphatic heterocycles. The number of rotatable bonds is 9. The second-order valence-corrected chi connectivity index (χ2v) is 13.9. The number of hydrogen-bond donors (Lipinski definition) is 0. The molecule has 2 amide bonds. The maximum Gasteiger partial charge on any atom is 0.248 e. The van der Waals surface area contributed by atoms with Crippen molar-refractivity contribution in [3.8, 4) is 0 Å². The van der Waals surface area contributed by atoms with Gasteiger partial charge in [0.15, 0.2) is 0 Å². The zero-order valence-corrected chi connectivity index (χ0v) is 28.9. The highest BCUT2D eigenvalue weighted by atomic mass is 35.5. The Kier molecular flexibility index (Phi) is 8.56. The molecule has 0 bridgehead atoms. The van der Waals surface area contributed by atoms with Gasteiger partial charge in [0, 0.05) is 69.6 Å². The molecule has 48 heavy (non-hydrogen) atoms. The van der Waals surface area contributed by atoms with Crippen molar-refractivity contribution in [1.29, 1.82) is 0 Å². The molecule has 4 aromatic rings. The van der Waals surface area contributed by atoms with Gasteiger partial charge < -0.3 is 24.5 Å². The summed E-state index contributed by atoms with van der Waals surface area (Å²) in [6.45, 7) is 2.07. The Balaban J connectivity index is 1.09. The van der Waals surface area contributed by atoms with Crippen molar-refractivity contribution in [2.24, 2.45) is 4.99 Å². The third kappa shape index (κ3) is 5.67. The number of β-lactam (4-membered cyclic amide) rings is 2. The lowest BCUT2D eigenvalue weighted by atomic mass is 9.91. The molecule has 0 aromatic heterocycles. The molecule has 10 heteroatoms. The van der Waals surface area contributed by atoms with Gasteiger partial charge in [-0.3, -0.25) is 14.6 Å². The standard InChI is InChI=1S/C38H38Cl2N6O2/c1-42(2)28-15-11-25(12-16-28)34-32(39)37(47)45(34)30-9-5-7-24(21-30)23-44-20-19-41-36(44)27-8-6-10-31(22-27)46-35(33(40)38(46)48)26-13-17-29(18-14-26)43(3)4/h5-18,21-22,32-35H,19-20,23H2,1-4H3. The van der Waals surface area contributed by atoms with Crippen LogP contribution < -0.4 is 19.6 Å². The Morgan fingerprint density at radius 2 is 1.19 bits per heavy atom. The van der Waals surface area contributed by atoms with E-state index in [4.69, 9.17) is 28.2 Å². The van der Waals surface area contributed by atoms with Crippen LogP contribution in [0.4, 0.5) is 22.7 Å². The van der Waals surface area contributed by atoms with Crippen LogP contribution in [0.2, 0.25) is 0 Å². The van der Waals surface area contributed by atoms with E-state index in [0.717, 1.165) is 57.4 Å². The van der Waals surface area contributed by atoms with Gasteiger partial charge >= 0.3 is 0 Å². The zero-order chi connectivity index (χ0) is 33.7. The molecule has 8 nitrogen and oxygen atoms in total. The van der Waals surface area contributed by atoms with Gasteiger partial charge in [-0.25, -0.2) is 0 Å². The highest BCUT2D eigenvalue weighted by molar-refractivity contribution is 6.38. The van der Waals surface area contributed by atoms with E-state index in [1.54, 1.807) is 9.80 Å².